The molecular weight excluding hydrogens is 528 g/mol. The first-order chi connectivity index (χ1) is 19.6. The molecule has 11 nitrogen and oxygen atoms in total. The Morgan fingerprint density at radius 2 is 1.93 bits per heavy atom. The Labute approximate surface area is 238 Å². The zero-order valence-corrected chi connectivity index (χ0v) is 24.0. The Bertz CT molecular complexity index is 1440. The van der Waals surface area contributed by atoms with Crippen molar-refractivity contribution in [1.29, 1.82) is 0 Å². The van der Waals surface area contributed by atoms with Crippen LogP contribution < -0.4 is 10.9 Å². The zero-order valence-electron chi connectivity index (χ0n) is 24.0. The van der Waals surface area contributed by atoms with E-state index in [9.17, 15) is 19.2 Å². The normalized spacial score (nSPS) is 12.1. The van der Waals surface area contributed by atoms with E-state index in [2.05, 4.69) is 24.1 Å². The summed E-state index contributed by atoms with van der Waals surface area (Å²) in [7, 11) is 3.25. The molecule has 0 bridgehead atoms. The summed E-state index contributed by atoms with van der Waals surface area (Å²) in [6.07, 6.45) is 4.88. The molecule has 0 aliphatic heterocycles. The van der Waals surface area contributed by atoms with Gasteiger partial charge in [-0.05, 0) is 49.0 Å². The number of aromatic nitrogens is 2. The predicted octanol–water partition coefficient (Wildman–Crippen LogP) is 2.86. The van der Waals surface area contributed by atoms with Crippen molar-refractivity contribution in [3.63, 3.8) is 0 Å². The van der Waals surface area contributed by atoms with Gasteiger partial charge < -0.3 is 29.0 Å². The van der Waals surface area contributed by atoms with Gasteiger partial charge in [0.2, 0.25) is 11.8 Å². The molecule has 0 unspecified atom stereocenters. The summed E-state index contributed by atoms with van der Waals surface area (Å²) >= 11 is 0. The lowest BCUT2D eigenvalue weighted by molar-refractivity contribution is -0.123. The van der Waals surface area contributed by atoms with Gasteiger partial charge in [-0.2, -0.15) is 0 Å². The van der Waals surface area contributed by atoms with Crippen molar-refractivity contribution in [3.05, 3.63) is 76.1 Å². The standard InChI is InChI=1S/C30H38N4O7/c1-20(2)17-21-9-7-12-24-28(21)41-26(31-24)19-34-14-8-10-22(29(34)38)18-25(36)23(32-30(39)40-16-15-35)11-5-6-13-27(37)33(3)4/h6-10,12-14,20,23,35H,5,11,15-19H2,1-4H3,(H,32,39)/b13-6+/t23-/m0/s1. The van der Waals surface area contributed by atoms with Gasteiger partial charge in [0.15, 0.2) is 11.4 Å². The Morgan fingerprint density at radius 3 is 2.63 bits per heavy atom. The maximum Gasteiger partial charge on any atom is 0.407 e. The van der Waals surface area contributed by atoms with E-state index in [1.165, 1.54) is 15.5 Å². The number of alkyl carbamates (subject to hydrolysis) is 1. The Balaban J connectivity index is 1.76. The van der Waals surface area contributed by atoms with E-state index in [1.807, 2.05) is 18.2 Å². The van der Waals surface area contributed by atoms with Crippen molar-refractivity contribution in [2.24, 2.45) is 5.92 Å². The van der Waals surface area contributed by atoms with Gasteiger partial charge >= 0.3 is 6.09 Å². The predicted molar refractivity (Wildman–Crippen MR) is 153 cm³/mol. The number of benzene rings is 1. The summed E-state index contributed by atoms with van der Waals surface area (Å²) in [4.78, 5) is 56.4. The fraction of sp³-hybridized carbons (Fsp3) is 0.433. The highest BCUT2D eigenvalue weighted by Crippen LogP contribution is 2.23. The number of carbonyl (C=O) groups is 3. The quantitative estimate of drug-likeness (QED) is 0.284. The molecule has 3 rings (SSSR count). The molecule has 2 amide bonds. The van der Waals surface area contributed by atoms with Crippen molar-refractivity contribution in [1.82, 2.24) is 19.8 Å². The molecule has 41 heavy (non-hydrogen) atoms. The first-order valence-electron chi connectivity index (χ1n) is 13.6. The second kappa shape index (κ2) is 14.9. The molecule has 2 heterocycles. The molecule has 0 saturated carbocycles. The maximum atomic E-state index is 13.3. The number of nitrogens with zero attached hydrogens (tertiary/aromatic N) is 3. The molecule has 1 aromatic carbocycles. The summed E-state index contributed by atoms with van der Waals surface area (Å²) in [5.74, 6) is 0.223. The number of pyridine rings is 1. The number of hydrogen-bond acceptors (Lipinski definition) is 8. The molecule has 0 spiro atoms. The number of aliphatic hydroxyl groups excluding tert-OH is 1. The number of carbonyl (C=O) groups excluding carboxylic acids is 3. The van der Waals surface area contributed by atoms with Crippen molar-refractivity contribution in [2.45, 2.75) is 52.1 Å². The van der Waals surface area contributed by atoms with Crippen LogP contribution in [0.4, 0.5) is 4.79 Å². The largest absolute Gasteiger partial charge is 0.447 e. The smallest absolute Gasteiger partial charge is 0.407 e. The number of aliphatic hydroxyl groups is 1. The lowest BCUT2D eigenvalue weighted by Crippen LogP contribution is -2.42. The molecule has 220 valence electrons. The van der Waals surface area contributed by atoms with E-state index in [0.29, 0.717) is 23.8 Å². The van der Waals surface area contributed by atoms with Crippen LogP contribution in [0.5, 0.6) is 0 Å². The average Bonchev–Trinajstić information content (AvgIpc) is 3.34. The molecule has 0 radical (unpaired) electrons. The number of Topliss-reactive ketones (excluding diaryl/α,β-unsaturated/α-hetero) is 1. The third kappa shape index (κ3) is 9.14. The molecule has 11 heteroatoms. The highest BCUT2D eigenvalue weighted by molar-refractivity contribution is 5.89. The van der Waals surface area contributed by atoms with Crippen LogP contribution in [0.15, 0.2) is 57.9 Å². The van der Waals surface area contributed by atoms with Crippen molar-refractivity contribution >= 4 is 28.9 Å². The SMILES string of the molecule is CC(C)Cc1cccc2nc(Cn3cccc(CC(=O)[C@H](CC/C=C/C(=O)N(C)C)NC(=O)OCCO)c3=O)oc12. The van der Waals surface area contributed by atoms with E-state index in [4.69, 9.17) is 14.3 Å². The number of hydrogen-bond donors (Lipinski definition) is 2. The second-order valence-electron chi connectivity index (χ2n) is 10.3. The van der Waals surface area contributed by atoms with Crippen LogP contribution in [-0.2, 0) is 33.7 Å². The number of amides is 2. The lowest BCUT2D eigenvalue weighted by Gasteiger charge is -2.17. The highest BCUT2D eigenvalue weighted by Gasteiger charge is 2.23. The molecule has 0 aliphatic rings. The van der Waals surface area contributed by atoms with Crippen molar-refractivity contribution < 1.29 is 28.6 Å². The highest BCUT2D eigenvalue weighted by atomic mass is 16.6. The van der Waals surface area contributed by atoms with E-state index >= 15 is 0 Å². The van der Waals surface area contributed by atoms with Crippen molar-refractivity contribution in [2.75, 3.05) is 27.3 Å². The Morgan fingerprint density at radius 1 is 1.17 bits per heavy atom. The van der Waals surface area contributed by atoms with Gasteiger partial charge in [0.25, 0.3) is 5.56 Å². The molecule has 2 N–H and O–H groups in total. The number of likely N-dealkylation sites (N-methyl/N-ethyl adjacent to an activating group) is 1. The molecule has 0 aliphatic carbocycles. The van der Waals surface area contributed by atoms with E-state index in [1.54, 1.807) is 38.5 Å². The second-order valence-corrected chi connectivity index (χ2v) is 10.3. The monoisotopic (exact) mass is 566 g/mol. The van der Waals surface area contributed by atoms with Gasteiger partial charge in [-0.1, -0.05) is 38.1 Å². The molecule has 1 atom stereocenters. The van der Waals surface area contributed by atoms with Gasteiger partial charge in [-0.15, -0.1) is 0 Å². The molecular formula is C30H38N4O7. The van der Waals surface area contributed by atoms with Crippen LogP contribution in [0.3, 0.4) is 0 Å². The minimum Gasteiger partial charge on any atom is -0.447 e. The van der Waals surface area contributed by atoms with Crippen molar-refractivity contribution in [3.8, 4) is 0 Å². The minimum absolute atomic E-state index is 0.0938. The number of ketones is 1. The average molecular weight is 567 g/mol. The Hall–Kier alpha value is -4.25. The van der Waals surface area contributed by atoms with Gasteiger partial charge in [0.1, 0.15) is 18.7 Å². The van der Waals surface area contributed by atoms with E-state index < -0.39 is 17.9 Å². The van der Waals surface area contributed by atoms with Crippen LogP contribution >= 0.6 is 0 Å². The van der Waals surface area contributed by atoms with Gasteiger partial charge in [-0.25, -0.2) is 9.78 Å². The van der Waals surface area contributed by atoms with Gasteiger partial charge in [-0.3, -0.25) is 14.4 Å². The van der Waals surface area contributed by atoms with Crippen LogP contribution in [0, 0.1) is 5.92 Å². The Kier molecular flexibility index (Phi) is 11.4. The third-order valence-corrected chi connectivity index (χ3v) is 6.27. The number of allylic oxidation sites excluding steroid dienone is 1. The van der Waals surface area contributed by atoms with E-state index in [-0.39, 0.29) is 49.6 Å². The van der Waals surface area contributed by atoms with E-state index in [0.717, 1.165) is 17.5 Å². The molecule has 0 fully saturated rings. The summed E-state index contributed by atoms with van der Waals surface area (Å²) in [5, 5.41) is 11.4. The first-order valence-corrected chi connectivity index (χ1v) is 13.6. The maximum absolute atomic E-state index is 13.3. The summed E-state index contributed by atoms with van der Waals surface area (Å²) in [5.41, 5.74) is 2.37. The molecule has 2 aromatic heterocycles. The number of nitrogens with one attached hydrogen (secondary N) is 1. The fourth-order valence-corrected chi connectivity index (χ4v) is 4.25. The van der Waals surface area contributed by atoms with Crippen LogP contribution in [0.1, 0.15) is 43.7 Å². The number of oxazole rings is 1. The summed E-state index contributed by atoms with van der Waals surface area (Å²) in [6, 6.07) is 8.09. The van der Waals surface area contributed by atoms with Gasteiger partial charge in [0.05, 0.1) is 12.6 Å². The lowest BCUT2D eigenvalue weighted by atomic mass is 10.0. The topological polar surface area (TPSA) is 144 Å². The summed E-state index contributed by atoms with van der Waals surface area (Å²) < 4.78 is 12.3. The summed E-state index contributed by atoms with van der Waals surface area (Å²) in [6.45, 7) is 3.77. The van der Waals surface area contributed by atoms with Crippen LogP contribution in [0.2, 0.25) is 0 Å². The number of fused-ring (bicyclic) bond motifs is 1. The number of ether oxygens (including phenoxy) is 1. The zero-order chi connectivity index (χ0) is 29.9. The fourth-order valence-electron chi connectivity index (χ4n) is 4.25. The molecule has 3 aromatic rings. The number of para-hydroxylation sites is 1. The van der Waals surface area contributed by atoms with Gasteiger partial charge in [0, 0.05) is 32.3 Å². The van der Waals surface area contributed by atoms with Crippen LogP contribution in [0.25, 0.3) is 11.1 Å². The molecule has 0 saturated heterocycles. The first kappa shape index (κ1) is 31.3. The third-order valence-electron chi connectivity index (χ3n) is 6.27. The number of rotatable bonds is 14. The minimum atomic E-state index is -0.968. The van der Waals surface area contributed by atoms with Crippen LogP contribution in [-0.4, -0.2) is 70.7 Å².